The Bertz CT molecular complexity index is 713. The third kappa shape index (κ3) is 3.62. The van der Waals surface area contributed by atoms with Gasteiger partial charge in [0.05, 0.1) is 6.04 Å². The summed E-state index contributed by atoms with van der Waals surface area (Å²) < 4.78 is 1.96. The quantitative estimate of drug-likeness (QED) is 0.896. The third-order valence-corrected chi connectivity index (χ3v) is 4.70. The molecule has 1 aliphatic heterocycles. The summed E-state index contributed by atoms with van der Waals surface area (Å²) >= 11 is 0. The molecule has 1 N–H and O–H groups in total. The molecule has 0 aliphatic carbocycles. The predicted molar refractivity (Wildman–Crippen MR) is 90.4 cm³/mol. The minimum atomic E-state index is -0.0275. The van der Waals surface area contributed by atoms with Crippen molar-refractivity contribution in [3.63, 3.8) is 0 Å². The number of carbonyl (C=O) groups excluding carboxylic acids is 1. The third-order valence-electron chi connectivity index (χ3n) is 4.70. The molecule has 2 atom stereocenters. The lowest BCUT2D eigenvalue weighted by Crippen LogP contribution is -2.32. The highest BCUT2D eigenvalue weighted by atomic mass is 16.1. The van der Waals surface area contributed by atoms with Crippen LogP contribution >= 0.6 is 0 Å². The van der Waals surface area contributed by atoms with Crippen LogP contribution in [0, 0.1) is 12.8 Å². The Kier molecular flexibility index (Phi) is 4.89. The Morgan fingerprint density at radius 2 is 2.33 bits per heavy atom. The van der Waals surface area contributed by atoms with Crippen molar-refractivity contribution in [2.45, 2.75) is 26.3 Å². The van der Waals surface area contributed by atoms with Crippen molar-refractivity contribution in [3.8, 4) is 0 Å². The number of hydrogen-bond acceptors (Lipinski definition) is 5. The Labute approximate surface area is 142 Å². The highest BCUT2D eigenvalue weighted by Gasteiger charge is 2.28. The molecule has 2 aromatic rings. The van der Waals surface area contributed by atoms with E-state index in [1.165, 1.54) is 0 Å². The molecule has 7 heteroatoms. The fourth-order valence-electron chi connectivity index (χ4n) is 3.24. The van der Waals surface area contributed by atoms with Gasteiger partial charge in [0.2, 0.25) is 0 Å². The van der Waals surface area contributed by atoms with Crippen molar-refractivity contribution in [2.24, 2.45) is 13.0 Å². The van der Waals surface area contributed by atoms with Crippen LogP contribution in [-0.4, -0.2) is 50.2 Å². The maximum absolute atomic E-state index is 12.2. The van der Waals surface area contributed by atoms with Crippen molar-refractivity contribution >= 4 is 5.91 Å². The highest BCUT2D eigenvalue weighted by molar-refractivity contribution is 5.94. The van der Waals surface area contributed by atoms with Crippen LogP contribution in [0.15, 0.2) is 24.7 Å². The summed E-state index contributed by atoms with van der Waals surface area (Å²) in [5.74, 6) is 1.42. The fourth-order valence-corrected chi connectivity index (χ4v) is 3.24. The molecule has 3 heterocycles. The predicted octanol–water partition coefficient (Wildman–Crippen LogP) is 1.33. The Balaban J connectivity index is 1.51. The highest BCUT2D eigenvalue weighted by Crippen LogP contribution is 2.25. The Morgan fingerprint density at radius 3 is 3.04 bits per heavy atom. The van der Waals surface area contributed by atoms with E-state index in [-0.39, 0.29) is 11.9 Å². The smallest absolute Gasteiger partial charge is 0.251 e. The number of likely N-dealkylation sites (tertiary alicyclic amines) is 1. The first-order valence-corrected chi connectivity index (χ1v) is 8.33. The molecule has 2 aromatic heterocycles. The lowest BCUT2D eigenvalue weighted by Gasteiger charge is -2.23. The van der Waals surface area contributed by atoms with Crippen LogP contribution in [0.4, 0.5) is 0 Å². The van der Waals surface area contributed by atoms with Crippen LogP contribution in [0.25, 0.3) is 0 Å². The number of amides is 1. The summed E-state index contributed by atoms with van der Waals surface area (Å²) in [4.78, 5) is 18.7. The standard InChI is InChI=1S/C17H24N6O/c1-12-8-15(4-6-18-12)17(24)19-9-14-5-7-23(10-14)13(2)16-21-20-11-22(16)3/h4,6,8,11,13-14H,5,7,9-10H2,1-3H3,(H,19,24). The minimum Gasteiger partial charge on any atom is -0.352 e. The number of aryl methyl sites for hydroxylation is 2. The average Bonchev–Trinajstić information content (AvgIpc) is 3.21. The van der Waals surface area contributed by atoms with Gasteiger partial charge in [0.1, 0.15) is 12.2 Å². The van der Waals surface area contributed by atoms with Gasteiger partial charge in [-0.25, -0.2) is 0 Å². The van der Waals surface area contributed by atoms with Crippen LogP contribution in [0.3, 0.4) is 0 Å². The zero-order chi connectivity index (χ0) is 17.1. The van der Waals surface area contributed by atoms with Crippen molar-refractivity contribution in [2.75, 3.05) is 19.6 Å². The van der Waals surface area contributed by atoms with E-state index in [0.29, 0.717) is 18.0 Å². The van der Waals surface area contributed by atoms with E-state index in [0.717, 1.165) is 31.0 Å². The molecule has 1 aliphatic rings. The van der Waals surface area contributed by atoms with E-state index in [2.05, 4.69) is 32.3 Å². The second-order valence-electron chi connectivity index (χ2n) is 6.52. The van der Waals surface area contributed by atoms with Gasteiger partial charge in [0.25, 0.3) is 5.91 Å². The number of hydrogen-bond donors (Lipinski definition) is 1. The van der Waals surface area contributed by atoms with Gasteiger partial charge in [-0.3, -0.25) is 14.7 Å². The van der Waals surface area contributed by atoms with Crippen LogP contribution in [0.5, 0.6) is 0 Å². The molecular formula is C17H24N6O. The molecule has 1 amide bonds. The Morgan fingerprint density at radius 1 is 1.50 bits per heavy atom. The van der Waals surface area contributed by atoms with Crippen LogP contribution < -0.4 is 5.32 Å². The fraction of sp³-hybridized carbons (Fsp3) is 0.529. The van der Waals surface area contributed by atoms with Gasteiger partial charge in [-0.05, 0) is 44.9 Å². The molecule has 0 radical (unpaired) electrons. The van der Waals surface area contributed by atoms with Gasteiger partial charge in [-0.15, -0.1) is 10.2 Å². The number of nitrogens with one attached hydrogen (secondary N) is 1. The summed E-state index contributed by atoms with van der Waals surface area (Å²) in [7, 11) is 1.97. The number of pyridine rings is 1. The number of rotatable bonds is 5. The Hall–Kier alpha value is -2.28. The van der Waals surface area contributed by atoms with Gasteiger partial charge >= 0.3 is 0 Å². The zero-order valence-electron chi connectivity index (χ0n) is 14.4. The summed E-state index contributed by atoms with van der Waals surface area (Å²) in [6.45, 7) is 6.72. The van der Waals surface area contributed by atoms with Gasteiger partial charge in [-0.1, -0.05) is 0 Å². The maximum Gasteiger partial charge on any atom is 0.251 e. The van der Waals surface area contributed by atoms with E-state index in [4.69, 9.17) is 0 Å². The van der Waals surface area contributed by atoms with Crippen molar-refractivity contribution in [3.05, 3.63) is 41.7 Å². The maximum atomic E-state index is 12.2. The molecule has 128 valence electrons. The molecular weight excluding hydrogens is 304 g/mol. The monoisotopic (exact) mass is 328 g/mol. The second-order valence-corrected chi connectivity index (χ2v) is 6.52. The number of aromatic nitrogens is 4. The summed E-state index contributed by atoms with van der Waals surface area (Å²) in [5, 5.41) is 11.2. The minimum absolute atomic E-state index is 0.0275. The van der Waals surface area contributed by atoms with Crippen LogP contribution in [0.1, 0.15) is 41.3 Å². The first-order valence-electron chi connectivity index (χ1n) is 8.33. The largest absolute Gasteiger partial charge is 0.352 e. The average molecular weight is 328 g/mol. The van der Waals surface area contributed by atoms with Crippen molar-refractivity contribution in [1.82, 2.24) is 30.0 Å². The van der Waals surface area contributed by atoms with Crippen molar-refractivity contribution < 1.29 is 4.79 Å². The van der Waals surface area contributed by atoms with E-state index in [1.54, 1.807) is 18.6 Å². The molecule has 7 nitrogen and oxygen atoms in total. The molecule has 0 bridgehead atoms. The summed E-state index contributed by atoms with van der Waals surface area (Å²) in [5.41, 5.74) is 1.52. The summed E-state index contributed by atoms with van der Waals surface area (Å²) in [6, 6.07) is 3.80. The molecule has 0 saturated carbocycles. The lowest BCUT2D eigenvalue weighted by molar-refractivity contribution is 0.0946. The van der Waals surface area contributed by atoms with Gasteiger partial charge in [-0.2, -0.15) is 0 Å². The molecule has 1 saturated heterocycles. The number of carbonyl (C=O) groups is 1. The van der Waals surface area contributed by atoms with E-state index < -0.39 is 0 Å². The van der Waals surface area contributed by atoms with E-state index in [1.807, 2.05) is 24.6 Å². The topological polar surface area (TPSA) is 75.9 Å². The zero-order valence-corrected chi connectivity index (χ0v) is 14.4. The molecule has 1 fully saturated rings. The SMILES string of the molecule is Cc1cc(C(=O)NCC2CCN(C(C)c3nncn3C)C2)ccn1. The normalized spacial score (nSPS) is 19.4. The molecule has 0 aromatic carbocycles. The number of nitrogens with zero attached hydrogens (tertiary/aromatic N) is 5. The van der Waals surface area contributed by atoms with Crippen LogP contribution in [-0.2, 0) is 7.05 Å². The first kappa shape index (κ1) is 16.6. The molecule has 24 heavy (non-hydrogen) atoms. The molecule has 3 rings (SSSR count). The van der Waals surface area contributed by atoms with Crippen molar-refractivity contribution in [1.29, 1.82) is 0 Å². The van der Waals surface area contributed by atoms with E-state index >= 15 is 0 Å². The molecule has 0 spiro atoms. The van der Waals surface area contributed by atoms with Crippen LogP contribution in [0.2, 0.25) is 0 Å². The van der Waals surface area contributed by atoms with E-state index in [9.17, 15) is 4.79 Å². The van der Waals surface area contributed by atoms with Gasteiger partial charge < -0.3 is 9.88 Å². The second kappa shape index (κ2) is 7.09. The van der Waals surface area contributed by atoms with Gasteiger partial charge in [0, 0.05) is 37.6 Å². The first-order chi connectivity index (χ1) is 11.5. The summed E-state index contributed by atoms with van der Waals surface area (Å²) in [6.07, 6.45) is 4.48. The van der Waals surface area contributed by atoms with Gasteiger partial charge in [0.15, 0.2) is 0 Å². The molecule has 2 unspecified atom stereocenters. The lowest BCUT2D eigenvalue weighted by atomic mass is 10.1.